The van der Waals surface area contributed by atoms with E-state index in [1.165, 1.54) is 6.42 Å². The highest BCUT2D eigenvalue weighted by molar-refractivity contribution is 5.74. The maximum atomic E-state index is 10.9. The standard InChI is InChI=1S/C11H19NO2/c1-6-3-7(2)8-5-10(11(13)14)12-9(8)4-6/h6-10,12H,3-5H2,1-2H3,(H,13,14). The van der Waals surface area contributed by atoms with Crippen LogP contribution in [0.5, 0.6) is 0 Å². The molecule has 2 N–H and O–H groups in total. The van der Waals surface area contributed by atoms with Crippen LogP contribution < -0.4 is 5.32 Å². The van der Waals surface area contributed by atoms with Crippen molar-refractivity contribution >= 4 is 5.97 Å². The van der Waals surface area contributed by atoms with Crippen LogP contribution in [0.3, 0.4) is 0 Å². The number of aliphatic carboxylic acids is 1. The minimum Gasteiger partial charge on any atom is -0.480 e. The number of hydrogen-bond donors (Lipinski definition) is 2. The second kappa shape index (κ2) is 3.54. The first-order valence-corrected chi connectivity index (χ1v) is 5.56. The molecule has 1 heterocycles. The van der Waals surface area contributed by atoms with Crippen LogP contribution in [0, 0.1) is 17.8 Å². The van der Waals surface area contributed by atoms with Gasteiger partial charge in [0.15, 0.2) is 0 Å². The topological polar surface area (TPSA) is 49.3 Å². The van der Waals surface area contributed by atoms with E-state index in [0.717, 1.165) is 18.8 Å². The highest BCUT2D eigenvalue weighted by Crippen LogP contribution is 2.39. The predicted octanol–water partition coefficient (Wildman–Crippen LogP) is 1.48. The Balaban J connectivity index is 2.05. The van der Waals surface area contributed by atoms with Gasteiger partial charge in [0, 0.05) is 6.04 Å². The number of hydrogen-bond acceptors (Lipinski definition) is 2. The van der Waals surface area contributed by atoms with Gasteiger partial charge in [0.1, 0.15) is 6.04 Å². The molecule has 5 unspecified atom stereocenters. The number of nitrogens with one attached hydrogen (secondary N) is 1. The van der Waals surface area contributed by atoms with Crippen molar-refractivity contribution in [3.05, 3.63) is 0 Å². The summed E-state index contributed by atoms with van der Waals surface area (Å²) in [7, 11) is 0. The van der Waals surface area contributed by atoms with E-state index < -0.39 is 5.97 Å². The fourth-order valence-electron chi connectivity index (χ4n) is 3.27. The molecule has 3 nitrogen and oxygen atoms in total. The Hall–Kier alpha value is -0.570. The van der Waals surface area contributed by atoms with Crippen LogP contribution in [-0.4, -0.2) is 23.2 Å². The number of carbonyl (C=O) groups is 1. The van der Waals surface area contributed by atoms with E-state index in [1.807, 2.05) is 0 Å². The lowest BCUT2D eigenvalue weighted by Crippen LogP contribution is -2.40. The normalized spacial score (nSPS) is 47.4. The van der Waals surface area contributed by atoms with Crippen molar-refractivity contribution in [1.82, 2.24) is 5.32 Å². The SMILES string of the molecule is CC1CC(C)C2CC(C(=O)O)NC2C1. The molecule has 3 heteroatoms. The van der Waals surface area contributed by atoms with Gasteiger partial charge in [0.2, 0.25) is 0 Å². The zero-order chi connectivity index (χ0) is 10.3. The average molecular weight is 197 g/mol. The Labute approximate surface area is 84.9 Å². The molecule has 0 aromatic rings. The Morgan fingerprint density at radius 3 is 2.64 bits per heavy atom. The van der Waals surface area contributed by atoms with Crippen LogP contribution >= 0.6 is 0 Å². The molecule has 1 saturated carbocycles. The molecule has 2 aliphatic rings. The number of fused-ring (bicyclic) bond motifs is 1. The lowest BCUT2D eigenvalue weighted by Gasteiger charge is -2.34. The molecule has 0 radical (unpaired) electrons. The summed E-state index contributed by atoms with van der Waals surface area (Å²) in [5, 5.41) is 12.2. The van der Waals surface area contributed by atoms with Crippen LogP contribution in [0.4, 0.5) is 0 Å². The highest BCUT2D eigenvalue weighted by atomic mass is 16.4. The van der Waals surface area contributed by atoms with E-state index >= 15 is 0 Å². The largest absolute Gasteiger partial charge is 0.480 e. The Bertz CT molecular complexity index is 241. The van der Waals surface area contributed by atoms with Gasteiger partial charge < -0.3 is 10.4 Å². The highest BCUT2D eigenvalue weighted by Gasteiger charge is 2.43. The second-order valence-electron chi connectivity index (χ2n) is 5.12. The molecule has 1 aliphatic carbocycles. The van der Waals surface area contributed by atoms with E-state index in [0.29, 0.717) is 17.9 Å². The van der Waals surface area contributed by atoms with Gasteiger partial charge in [-0.1, -0.05) is 13.8 Å². The zero-order valence-electron chi connectivity index (χ0n) is 8.86. The van der Waals surface area contributed by atoms with E-state index in [4.69, 9.17) is 5.11 Å². The average Bonchev–Trinajstić information content (AvgIpc) is 2.47. The minimum atomic E-state index is -0.681. The second-order valence-corrected chi connectivity index (χ2v) is 5.12. The molecule has 0 spiro atoms. The fourth-order valence-corrected chi connectivity index (χ4v) is 3.27. The summed E-state index contributed by atoms with van der Waals surface area (Å²) in [6.07, 6.45) is 3.24. The molecule has 80 valence electrons. The molecule has 1 aliphatic heterocycles. The molecule has 2 rings (SSSR count). The third kappa shape index (κ3) is 1.65. The van der Waals surface area contributed by atoms with Gasteiger partial charge in [0.05, 0.1) is 0 Å². The summed E-state index contributed by atoms with van der Waals surface area (Å²) in [4.78, 5) is 10.9. The van der Waals surface area contributed by atoms with Crippen molar-refractivity contribution in [2.24, 2.45) is 17.8 Å². The van der Waals surface area contributed by atoms with Crippen LogP contribution in [0.2, 0.25) is 0 Å². The number of rotatable bonds is 1. The van der Waals surface area contributed by atoms with Gasteiger partial charge in [-0.25, -0.2) is 0 Å². The van der Waals surface area contributed by atoms with E-state index in [9.17, 15) is 4.79 Å². The van der Waals surface area contributed by atoms with Gasteiger partial charge in [-0.15, -0.1) is 0 Å². The van der Waals surface area contributed by atoms with Gasteiger partial charge in [0.25, 0.3) is 0 Å². The molecular formula is C11H19NO2. The van der Waals surface area contributed by atoms with Crippen molar-refractivity contribution < 1.29 is 9.90 Å². The first-order chi connectivity index (χ1) is 6.58. The molecule has 0 aromatic heterocycles. The third-order valence-electron chi connectivity index (χ3n) is 3.90. The lowest BCUT2D eigenvalue weighted by atomic mass is 9.73. The van der Waals surface area contributed by atoms with Crippen LogP contribution in [0.15, 0.2) is 0 Å². The van der Waals surface area contributed by atoms with Crippen molar-refractivity contribution in [1.29, 1.82) is 0 Å². The van der Waals surface area contributed by atoms with E-state index in [2.05, 4.69) is 19.2 Å². The Morgan fingerprint density at radius 1 is 1.29 bits per heavy atom. The quantitative estimate of drug-likeness (QED) is 0.669. The summed E-state index contributed by atoms with van der Waals surface area (Å²) in [5.41, 5.74) is 0. The predicted molar refractivity (Wildman–Crippen MR) is 54.0 cm³/mol. The first kappa shape index (κ1) is 9.97. The maximum absolute atomic E-state index is 10.9. The summed E-state index contributed by atoms with van der Waals surface area (Å²) in [6, 6.07) is 0.160. The number of carboxylic acid groups (broad SMARTS) is 1. The first-order valence-electron chi connectivity index (χ1n) is 5.56. The molecule has 0 amide bonds. The van der Waals surface area contributed by atoms with E-state index in [-0.39, 0.29) is 6.04 Å². The van der Waals surface area contributed by atoms with Crippen molar-refractivity contribution in [2.75, 3.05) is 0 Å². The van der Waals surface area contributed by atoms with Crippen molar-refractivity contribution in [3.8, 4) is 0 Å². The minimum absolute atomic E-state index is 0.294. The van der Waals surface area contributed by atoms with Gasteiger partial charge >= 0.3 is 5.97 Å². The Morgan fingerprint density at radius 2 is 2.00 bits per heavy atom. The molecular weight excluding hydrogens is 178 g/mol. The van der Waals surface area contributed by atoms with Crippen LogP contribution in [-0.2, 0) is 4.79 Å². The van der Waals surface area contributed by atoms with Gasteiger partial charge in [-0.3, -0.25) is 4.79 Å². The molecule has 2 fully saturated rings. The summed E-state index contributed by atoms with van der Waals surface area (Å²) < 4.78 is 0. The molecule has 14 heavy (non-hydrogen) atoms. The third-order valence-corrected chi connectivity index (χ3v) is 3.90. The molecule has 0 bridgehead atoms. The Kier molecular flexibility index (Phi) is 2.52. The van der Waals surface area contributed by atoms with Crippen molar-refractivity contribution in [2.45, 2.75) is 45.2 Å². The maximum Gasteiger partial charge on any atom is 0.320 e. The smallest absolute Gasteiger partial charge is 0.320 e. The molecule has 0 aromatic carbocycles. The molecule has 1 saturated heterocycles. The monoisotopic (exact) mass is 197 g/mol. The summed E-state index contributed by atoms with van der Waals surface area (Å²) >= 11 is 0. The summed E-state index contributed by atoms with van der Waals surface area (Å²) in [5.74, 6) is 1.33. The number of carboxylic acids is 1. The van der Waals surface area contributed by atoms with Crippen LogP contribution in [0.1, 0.15) is 33.1 Å². The van der Waals surface area contributed by atoms with Gasteiger partial charge in [-0.2, -0.15) is 0 Å². The zero-order valence-corrected chi connectivity index (χ0v) is 8.86. The fraction of sp³-hybridized carbons (Fsp3) is 0.909. The van der Waals surface area contributed by atoms with Crippen molar-refractivity contribution in [3.63, 3.8) is 0 Å². The lowest BCUT2D eigenvalue weighted by molar-refractivity contribution is -0.139. The van der Waals surface area contributed by atoms with E-state index in [1.54, 1.807) is 0 Å². The van der Waals surface area contributed by atoms with Crippen LogP contribution in [0.25, 0.3) is 0 Å². The van der Waals surface area contributed by atoms with Gasteiger partial charge in [-0.05, 0) is 37.0 Å². The molecule has 5 atom stereocenters. The summed E-state index contributed by atoms with van der Waals surface area (Å²) in [6.45, 7) is 4.53.